The van der Waals surface area contributed by atoms with Gasteiger partial charge in [0.15, 0.2) is 0 Å². The molecule has 0 aliphatic rings. The first-order chi connectivity index (χ1) is 8.04. The third-order valence-electron chi connectivity index (χ3n) is 2.52. The summed E-state index contributed by atoms with van der Waals surface area (Å²) >= 11 is 0. The molecule has 0 rings (SSSR count). The lowest BCUT2D eigenvalue weighted by Gasteiger charge is -2.23. The number of hydrogen-bond donors (Lipinski definition) is 3. The zero-order chi connectivity index (χ0) is 13.3. The summed E-state index contributed by atoms with van der Waals surface area (Å²) in [7, 11) is 1.50. The van der Waals surface area contributed by atoms with Gasteiger partial charge in [0.05, 0.1) is 0 Å². The van der Waals surface area contributed by atoms with Crippen molar-refractivity contribution in [1.29, 1.82) is 0 Å². The highest BCUT2D eigenvalue weighted by atomic mass is 16.4. The summed E-state index contributed by atoms with van der Waals surface area (Å²) in [5.41, 5.74) is 0. The number of nitrogens with zero attached hydrogens (tertiary/aromatic N) is 1. The van der Waals surface area contributed by atoms with Crippen molar-refractivity contribution in [3.63, 3.8) is 0 Å². The van der Waals surface area contributed by atoms with E-state index in [4.69, 9.17) is 5.11 Å². The highest BCUT2D eigenvalue weighted by molar-refractivity contribution is 5.82. The number of urea groups is 1. The van der Waals surface area contributed by atoms with Gasteiger partial charge in [0, 0.05) is 13.6 Å². The second kappa shape index (κ2) is 8.81. The number of aliphatic carboxylic acids is 1. The summed E-state index contributed by atoms with van der Waals surface area (Å²) in [6, 6.07) is -1.10. The van der Waals surface area contributed by atoms with E-state index in [1.165, 1.54) is 11.9 Å². The molecular weight excluding hydrogens is 222 g/mol. The van der Waals surface area contributed by atoms with Gasteiger partial charge in [-0.05, 0) is 25.9 Å². The third kappa shape index (κ3) is 6.11. The quantitative estimate of drug-likeness (QED) is 0.544. The summed E-state index contributed by atoms with van der Waals surface area (Å²) < 4.78 is 0. The van der Waals surface area contributed by atoms with Crippen LogP contribution in [0.2, 0.25) is 0 Å². The number of carboxylic acids is 1. The lowest BCUT2D eigenvalue weighted by molar-refractivity contribution is -0.141. The molecule has 0 aliphatic heterocycles. The molecule has 6 heteroatoms. The summed E-state index contributed by atoms with van der Waals surface area (Å²) in [5, 5.41) is 14.7. The van der Waals surface area contributed by atoms with Crippen LogP contribution in [-0.2, 0) is 4.79 Å². The van der Waals surface area contributed by atoms with Crippen LogP contribution in [0, 0.1) is 0 Å². The van der Waals surface area contributed by atoms with Crippen molar-refractivity contribution in [2.75, 3.05) is 26.7 Å². The first kappa shape index (κ1) is 15.7. The molecular formula is C11H23N3O3. The molecule has 3 N–H and O–H groups in total. The van der Waals surface area contributed by atoms with E-state index in [0.717, 1.165) is 19.5 Å². The molecule has 2 amide bonds. The third-order valence-corrected chi connectivity index (χ3v) is 2.52. The van der Waals surface area contributed by atoms with E-state index < -0.39 is 12.0 Å². The Morgan fingerprint density at radius 2 is 1.94 bits per heavy atom. The van der Waals surface area contributed by atoms with Gasteiger partial charge in [0.2, 0.25) is 0 Å². The molecule has 0 radical (unpaired) electrons. The second-order valence-electron chi connectivity index (χ2n) is 3.81. The molecule has 0 saturated carbocycles. The van der Waals surface area contributed by atoms with Gasteiger partial charge in [0.1, 0.15) is 6.04 Å². The van der Waals surface area contributed by atoms with Gasteiger partial charge >= 0.3 is 12.0 Å². The lowest BCUT2D eigenvalue weighted by Crippen LogP contribution is -2.47. The molecule has 0 aromatic heterocycles. The molecule has 0 fully saturated rings. The Kier molecular flexibility index (Phi) is 8.13. The predicted molar refractivity (Wildman–Crippen MR) is 66.0 cm³/mol. The van der Waals surface area contributed by atoms with E-state index in [9.17, 15) is 9.59 Å². The molecule has 1 unspecified atom stereocenters. The minimum atomic E-state index is -0.974. The molecule has 0 spiro atoms. The van der Waals surface area contributed by atoms with Gasteiger partial charge in [-0.3, -0.25) is 0 Å². The number of hydrogen-bond acceptors (Lipinski definition) is 3. The van der Waals surface area contributed by atoms with Crippen molar-refractivity contribution < 1.29 is 14.7 Å². The largest absolute Gasteiger partial charge is 0.480 e. The van der Waals surface area contributed by atoms with Crippen molar-refractivity contribution >= 4 is 12.0 Å². The molecule has 1 atom stereocenters. The molecule has 0 aromatic rings. The van der Waals surface area contributed by atoms with Crippen molar-refractivity contribution in [3.05, 3.63) is 0 Å². The van der Waals surface area contributed by atoms with Crippen LogP contribution >= 0.6 is 0 Å². The van der Waals surface area contributed by atoms with Gasteiger partial charge in [-0.1, -0.05) is 13.8 Å². The van der Waals surface area contributed by atoms with E-state index in [-0.39, 0.29) is 6.03 Å². The Hall–Kier alpha value is -1.30. The van der Waals surface area contributed by atoms with Gasteiger partial charge in [0.25, 0.3) is 0 Å². The zero-order valence-corrected chi connectivity index (χ0v) is 10.8. The fourth-order valence-corrected chi connectivity index (χ4v) is 1.47. The van der Waals surface area contributed by atoms with E-state index in [2.05, 4.69) is 10.6 Å². The number of rotatable bonds is 8. The Labute approximate surface area is 102 Å². The van der Waals surface area contributed by atoms with Crippen LogP contribution in [0.25, 0.3) is 0 Å². The first-order valence-corrected chi connectivity index (χ1v) is 5.98. The van der Waals surface area contributed by atoms with Crippen LogP contribution in [0.15, 0.2) is 0 Å². The molecule has 0 saturated heterocycles. The number of carboxylic acid groups (broad SMARTS) is 1. The number of carbonyl (C=O) groups excluding carboxylic acids is 1. The Morgan fingerprint density at radius 1 is 1.29 bits per heavy atom. The maximum Gasteiger partial charge on any atom is 0.326 e. The van der Waals surface area contributed by atoms with Gasteiger partial charge in [-0.2, -0.15) is 0 Å². The number of carbonyl (C=O) groups is 2. The van der Waals surface area contributed by atoms with Crippen molar-refractivity contribution in [3.8, 4) is 0 Å². The number of nitrogens with one attached hydrogen (secondary N) is 2. The van der Waals surface area contributed by atoms with Gasteiger partial charge < -0.3 is 20.6 Å². The summed E-state index contributed by atoms with van der Waals surface area (Å²) in [4.78, 5) is 23.7. The second-order valence-corrected chi connectivity index (χ2v) is 3.81. The SMILES string of the molecule is CCNCCCNC(=O)N(C)C(CC)C(=O)O. The molecule has 0 heterocycles. The molecule has 0 aromatic carbocycles. The topological polar surface area (TPSA) is 81.7 Å². The average molecular weight is 245 g/mol. The standard InChI is InChI=1S/C11H23N3O3/c1-4-9(10(15)16)14(3)11(17)13-8-6-7-12-5-2/h9,12H,4-8H2,1-3H3,(H,13,17)(H,15,16). The van der Waals surface area contributed by atoms with Gasteiger partial charge in [-0.15, -0.1) is 0 Å². The Balaban J connectivity index is 3.92. The molecule has 0 bridgehead atoms. The maximum absolute atomic E-state index is 11.6. The van der Waals surface area contributed by atoms with Crippen LogP contribution in [0.3, 0.4) is 0 Å². The highest BCUT2D eigenvalue weighted by Gasteiger charge is 2.24. The molecule has 100 valence electrons. The van der Waals surface area contributed by atoms with Crippen LogP contribution in [0.5, 0.6) is 0 Å². The number of likely N-dealkylation sites (N-methyl/N-ethyl adjacent to an activating group) is 1. The Bertz CT molecular complexity index is 246. The molecule has 0 aliphatic carbocycles. The molecule has 17 heavy (non-hydrogen) atoms. The van der Waals surface area contributed by atoms with Crippen molar-refractivity contribution in [1.82, 2.24) is 15.5 Å². The smallest absolute Gasteiger partial charge is 0.326 e. The molecule has 6 nitrogen and oxygen atoms in total. The van der Waals surface area contributed by atoms with E-state index >= 15 is 0 Å². The van der Waals surface area contributed by atoms with Crippen LogP contribution < -0.4 is 10.6 Å². The van der Waals surface area contributed by atoms with Crippen LogP contribution in [0.1, 0.15) is 26.7 Å². The van der Waals surface area contributed by atoms with E-state index in [1.807, 2.05) is 6.92 Å². The van der Waals surface area contributed by atoms with E-state index in [1.54, 1.807) is 6.92 Å². The monoisotopic (exact) mass is 245 g/mol. The fourth-order valence-electron chi connectivity index (χ4n) is 1.47. The van der Waals surface area contributed by atoms with E-state index in [0.29, 0.717) is 13.0 Å². The summed E-state index contributed by atoms with van der Waals surface area (Å²) in [6.45, 7) is 6.06. The minimum Gasteiger partial charge on any atom is -0.480 e. The normalized spacial score (nSPS) is 11.9. The van der Waals surface area contributed by atoms with Crippen LogP contribution in [-0.4, -0.2) is 54.7 Å². The van der Waals surface area contributed by atoms with Crippen molar-refractivity contribution in [2.24, 2.45) is 0 Å². The number of amides is 2. The van der Waals surface area contributed by atoms with Crippen LogP contribution in [0.4, 0.5) is 4.79 Å². The van der Waals surface area contributed by atoms with Gasteiger partial charge in [-0.25, -0.2) is 9.59 Å². The average Bonchev–Trinajstić information content (AvgIpc) is 2.28. The minimum absolute atomic E-state index is 0.337. The zero-order valence-electron chi connectivity index (χ0n) is 10.8. The van der Waals surface area contributed by atoms with Crippen molar-refractivity contribution in [2.45, 2.75) is 32.7 Å². The highest BCUT2D eigenvalue weighted by Crippen LogP contribution is 2.01. The maximum atomic E-state index is 11.6. The summed E-state index contributed by atoms with van der Waals surface area (Å²) in [6.07, 6.45) is 1.23. The predicted octanol–water partition coefficient (Wildman–Crippen LogP) is 0.491. The fraction of sp³-hybridized carbons (Fsp3) is 0.818. The first-order valence-electron chi connectivity index (χ1n) is 5.98. The Morgan fingerprint density at radius 3 is 2.41 bits per heavy atom. The lowest BCUT2D eigenvalue weighted by atomic mass is 10.2. The summed E-state index contributed by atoms with van der Waals surface area (Å²) in [5.74, 6) is -0.974.